The predicted molar refractivity (Wildman–Crippen MR) is 56.3 cm³/mol. The molecule has 80 valence electrons. The maximum absolute atomic E-state index is 12.2. The quantitative estimate of drug-likeness (QED) is 0.797. The minimum atomic E-state index is -0.492. The standard InChI is InChI=1S/C11H13FN2O/c12-5-6-14-8-9-3-1-2-4-10(9)13-7-11(14)15/h1-4,13H,5-8H2. The zero-order valence-corrected chi connectivity index (χ0v) is 8.37. The molecular weight excluding hydrogens is 195 g/mol. The summed E-state index contributed by atoms with van der Waals surface area (Å²) in [6.07, 6.45) is 0. The maximum atomic E-state index is 12.2. The average molecular weight is 208 g/mol. The second-order valence-electron chi connectivity index (χ2n) is 3.51. The van der Waals surface area contributed by atoms with E-state index in [0.29, 0.717) is 6.54 Å². The molecule has 2 rings (SSSR count). The van der Waals surface area contributed by atoms with Crippen molar-refractivity contribution in [3.63, 3.8) is 0 Å². The van der Waals surface area contributed by atoms with Crippen molar-refractivity contribution >= 4 is 11.6 Å². The molecule has 0 radical (unpaired) electrons. The molecule has 0 spiro atoms. The van der Waals surface area contributed by atoms with Crippen LogP contribution in [0.25, 0.3) is 0 Å². The van der Waals surface area contributed by atoms with Crippen molar-refractivity contribution in [3.05, 3.63) is 29.8 Å². The molecule has 0 fully saturated rings. The van der Waals surface area contributed by atoms with E-state index in [1.54, 1.807) is 4.90 Å². The highest BCUT2D eigenvalue weighted by Gasteiger charge is 2.18. The summed E-state index contributed by atoms with van der Waals surface area (Å²) in [5.74, 6) is -0.0520. The molecule has 1 aromatic carbocycles. The fourth-order valence-electron chi connectivity index (χ4n) is 1.71. The van der Waals surface area contributed by atoms with E-state index < -0.39 is 6.67 Å². The van der Waals surface area contributed by atoms with Crippen LogP contribution in [0, 0.1) is 0 Å². The third-order valence-corrected chi connectivity index (χ3v) is 2.52. The van der Waals surface area contributed by atoms with E-state index >= 15 is 0 Å². The third-order valence-electron chi connectivity index (χ3n) is 2.52. The van der Waals surface area contributed by atoms with E-state index in [9.17, 15) is 9.18 Å². The summed E-state index contributed by atoms with van der Waals surface area (Å²) in [7, 11) is 0. The lowest BCUT2D eigenvalue weighted by Gasteiger charge is -2.18. The Morgan fingerprint density at radius 1 is 1.40 bits per heavy atom. The van der Waals surface area contributed by atoms with E-state index in [4.69, 9.17) is 0 Å². The molecule has 1 aliphatic heterocycles. The minimum Gasteiger partial charge on any atom is -0.376 e. The van der Waals surface area contributed by atoms with Gasteiger partial charge in [-0.25, -0.2) is 4.39 Å². The van der Waals surface area contributed by atoms with Crippen LogP contribution in [0.2, 0.25) is 0 Å². The van der Waals surface area contributed by atoms with Crippen molar-refractivity contribution in [2.45, 2.75) is 6.54 Å². The molecule has 1 aliphatic rings. The molecule has 15 heavy (non-hydrogen) atoms. The molecule has 0 bridgehead atoms. The Kier molecular flexibility index (Phi) is 2.85. The highest BCUT2D eigenvalue weighted by molar-refractivity contribution is 5.82. The lowest BCUT2D eigenvalue weighted by molar-refractivity contribution is -0.129. The first-order valence-corrected chi connectivity index (χ1v) is 4.97. The van der Waals surface area contributed by atoms with Crippen LogP contribution >= 0.6 is 0 Å². The SMILES string of the molecule is O=C1CNc2ccccc2CN1CCF. The summed E-state index contributed by atoms with van der Waals surface area (Å²) in [5.41, 5.74) is 2.00. The van der Waals surface area contributed by atoms with Gasteiger partial charge in [-0.15, -0.1) is 0 Å². The number of benzene rings is 1. The topological polar surface area (TPSA) is 32.3 Å². The number of hydrogen-bond acceptors (Lipinski definition) is 2. The monoisotopic (exact) mass is 208 g/mol. The van der Waals surface area contributed by atoms with Gasteiger partial charge in [-0.2, -0.15) is 0 Å². The lowest BCUT2D eigenvalue weighted by atomic mass is 10.2. The molecule has 0 saturated heterocycles. The Morgan fingerprint density at radius 3 is 3.00 bits per heavy atom. The van der Waals surface area contributed by atoms with Gasteiger partial charge in [0, 0.05) is 18.8 Å². The van der Waals surface area contributed by atoms with Crippen LogP contribution in [0.4, 0.5) is 10.1 Å². The van der Waals surface area contributed by atoms with Gasteiger partial charge in [-0.1, -0.05) is 18.2 Å². The largest absolute Gasteiger partial charge is 0.376 e. The van der Waals surface area contributed by atoms with E-state index in [1.807, 2.05) is 24.3 Å². The van der Waals surface area contributed by atoms with Crippen molar-refractivity contribution < 1.29 is 9.18 Å². The van der Waals surface area contributed by atoms with Gasteiger partial charge in [0.15, 0.2) is 0 Å². The van der Waals surface area contributed by atoms with Gasteiger partial charge in [0.2, 0.25) is 5.91 Å². The Labute approximate surface area is 87.9 Å². The van der Waals surface area contributed by atoms with Gasteiger partial charge in [0.05, 0.1) is 6.54 Å². The summed E-state index contributed by atoms with van der Waals surface area (Å²) >= 11 is 0. The molecule has 4 heteroatoms. The number of anilines is 1. The number of carbonyl (C=O) groups is 1. The van der Waals surface area contributed by atoms with Crippen molar-refractivity contribution in [1.82, 2.24) is 4.90 Å². The van der Waals surface area contributed by atoms with Gasteiger partial charge >= 0.3 is 0 Å². The highest BCUT2D eigenvalue weighted by atomic mass is 19.1. The second-order valence-corrected chi connectivity index (χ2v) is 3.51. The van der Waals surface area contributed by atoms with Crippen molar-refractivity contribution in [3.8, 4) is 0 Å². The van der Waals surface area contributed by atoms with Crippen LogP contribution in [0.3, 0.4) is 0 Å². The first-order chi connectivity index (χ1) is 7.31. The summed E-state index contributed by atoms with van der Waals surface area (Å²) in [4.78, 5) is 13.1. The Morgan fingerprint density at radius 2 is 2.20 bits per heavy atom. The molecule has 1 heterocycles. The molecule has 1 N–H and O–H groups in total. The van der Waals surface area contributed by atoms with Gasteiger partial charge < -0.3 is 10.2 Å². The van der Waals surface area contributed by atoms with E-state index in [1.165, 1.54) is 0 Å². The van der Waals surface area contributed by atoms with Crippen LogP contribution in [0.1, 0.15) is 5.56 Å². The summed E-state index contributed by atoms with van der Waals surface area (Å²) in [6.45, 7) is 0.422. The highest BCUT2D eigenvalue weighted by Crippen LogP contribution is 2.19. The molecule has 1 amide bonds. The molecule has 0 atom stereocenters. The van der Waals surface area contributed by atoms with Crippen LogP contribution in [0.15, 0.2) is 24.3 Å². The van der Waals surface area contributed by atoms with Crippen LogP contribution in [0.5, 0.6) is 0 Å². The van der Waals surface area contributed by atoms with Crippen LogP contribution in [-0.2, 0) is 11.3 Å². The number of amides is 1. The van der Waals surface area contributed by atoms with E-state index in [-0.39, 0.29) is 19.0 Å². The predicted octanol–water partition coefficient (Wildman–Crippen LogP) is 1.41. The van der Waals surface area contributed by atoms with Gasteiger partial charge in [0.1, 0.15) is 6.67 Å². The number of para-hydroxylation sites is 1. The number of halogens is 1. The number of fused-ring (bicyclic) bond motifs is 1. The first kappa shape index (κ1) is 9.96. The number of nitrogens with one attached hydrogen (secondary N) is 1. The zero-order chi connectivity index (χ0) is 10.7. The normalized spacial score (nSPS) is 15.5. The lowest BCUT2D eigenvalue weighted by Crippen LogP contribution is -2.34. The smallest absolute Gasteiger partial charge is 0.242 e. The van der Waals surface area contributed by atoms with Gasteiger partial charge in [0.25, 0.3) is 0 Å². The number of alkyl halides is 1. The number of carbonyl (C=O) groups excluding carboxylic acids is 1. The molecule has 3 nitrogen and oxygen atoms in total. The summed E-state index contributed by atoms with van der Waals surface area (Å²) in [6, 6.07) is 7.72. The van der Waals surface area contributed by atoms with E-state index in [0.717, 1.165) is 11.3 Å². The average Bonchev–Trinajstić information content (AvgIpc) is 2.41. The van der Waals surface area contributed by atoms with E-state index in [2.05, 4.69) is 5.32 Å². The molecular formula is C11H13FN2O. The third kappa shape index (κ3) is 2.09. The molecule has 0 aliphatic carbocycles. The minimum absolute atomic E-state index is 0.0520. The van der Waals surface area contributed by atoms with Gasteiger partial charge in [-0.05, 0) is 11.6 Å². The zero-order valence-electron chi connectivity index (χ0n) is 8.37. The summed E-state index contributed by atoms with van der Waals surface area (Å²) in [5, 5.41) is 3.05. The van der Waals surface area contributed by atoms with Crippen molar-refractivity contribution in [1.29, 1.82) is 0 Å². The Balaban J connectivity index is 2.23. The second kappa shape index (κ2) is 4.29. The first-order valence-electron chi connectivity index (χ1n) is 4.97. The molecule has 0 saturated carbocycles. The number of rotatable bonds is 2. The van der Waals surface area contributed by atoms with Gasteiger partial charge in [-0.3, -0.25) is 4.79 Å². The Hall–Kier alpha value is -1.58. The fraction of sp³-hybridized carbons (Fsp3) is 0.364. The molecule has 0 aromatic heterocycles. The Bertz CT molecular complexity index is 367. The summed E-state index contributed by atoms with van der Waals surface area (Å²) < 4.78 is 12.2. The maximum Gasteiger partial charge on any atom is 0.242 e. The fourth-order valence-corrected chi connectivity index (χ4v) is 1.71. The molecule has 1 aromatic rings. The van der Waals surface area contributed by atoms with Crippen molar-refractivity contribution in [2.24, 2.45) is 0 Å². The van der Waals surface area contributed by atoms with Crippen LogP contribution < -0.4 is 5.32 Å². The number of nitrogens with zero attached hydrogens (tertiary/aromatic N) is 1. The van der Waals surface area contributed by atoms with Crippen LogP contribution in [-0.4, -0.2) is 30.6 Å². The number of hydrogen-bond donors (Lipinski definition) is 1. The molecule has 0 unspecified atom stereocenters. The van der Waals surface area contributed by atoms with Crippen molar-refractivity contribution in [2.75, 3.05) is 25.1 Å².